The minimum absolute atomic E-state index is 0.0348. The Hall–Kier alpha value is -1.05. The smallest absolute Gasteiger partial charge is 0.246 e. The summed E-state index contributed by atoms with van der Waals surface area (Å²) >= 11 is 0. The van der Waals surface area contributed by atoms with E-state index in [1.54, 1.807) is 0 Å². The summed E-state index contributed by atoms with van der Waals surface area (Å²) in [5.41, 5.74) is 0.0348. The molecular weight excluding hydrogens is 288 g/mol. The Morgan fingerprint density at radius 1 is 1.40 bits per heavy atom. The lowest BCUT2D eigenvalue weighted by atomic mass is 10.0. The van der Waals surface area contributed by atoms with E-state index < -0.39 is 33.2 Å². The standard InChI is InChI=1S/C13H17F2NO3S/c1-9-3-2-4-16(7-9)20(18,19)12-6-10(8-17)5-11(14)13(12)15/h5-6,9,17H,2-4,7-8H2,1H3. The van der Waals surface area contributed by atoms with Gasteiger partial charge < -0.3 is 5.11 Å². The molecule has 0 bridgehead atoms. The molecule has 1 aliphatic heterocycles. The zero-order valence-electron chi connectivity index (χ0n) is 11.1. The largest absolute Gasteiger partial charge is 0.392 e. The van der Waals surface area contributed by atoms with Crippen LogP contribution in [0.2, 0.25) is 0 Å². The molecule has 1 aromatic rings. The summed E-state index contributed by atoms with van der Waals surface area (Å²) in [4.78, 5) is -0.698. The van der Waals surface area contributed by atoms with Crippen molar-refractivity contribution in [2.45, 2.75) is 31.3 Å². The molecule has 4 nitrogen and oxygen atoms in total. The van der Waals surface area contributed by atoms with Gasteiger partial charge in [0, 0.05) is 13.1 Å². The number of aliphatic hydroxyl groups is 1. The number of halogens is 2. The highest BCUT2D eigenvalue weighted by molar-refractivity contribution is 7.89. The van der Waals surface area contributed by atoms with E-state index in [0.29, 0.717) is 19.5 Å². The van der Waals surface area contributed by atoms with Gasteiger partial charge in [-0.15, -0.1) is 0 Å². The molecule has 0 saturated carbocycles. The van der Waals surface area contributed by atoms with Crippen LogP contribution in [0, 0.1) is 17.6 Å². The van der Waals surface area contributed by atoms with Crippen LogP contribution in [-0.4, -0.2) is 30.9 Å². The van der Waals surface area contributed by atoms with Crippen LogP contribution in [0.4, 0.5) is 8.78 Å². The van der Waals surface area contributed by atoms with Crippen LogP contribution < -0.4 is 0 Å². The zero-order chi connectivity index (χ0) is 14.9. The Morgan fingerprint density at radius 2 is 2.10 bits per heavy atom. The second kappa shape index (κ2) is 5.75. The highest BCUT2D eigenvalue weighted by atomic mass is 32.2. The topological polar surface area (TPSA) is 57.6 Å². The molecule has 112 valence electrons. The molecule has 1 fully saturated rings. The van der Waals surface area contributed by atoms with Crippen LogP contribution in [0.15, 0.2) is 17.0 Å². The van der Waals surface area contributed by atoms with E-state index in [2.05, 4.69) is 0 Å². The van der Waals surface area contributed by atoms with Gasteiger partial charge in [0.25, 0.3) is 0 Å². The van der Waals surface area contributed by atoms with Crippen LogP contribution in [0.25, 0.3) is 0 Å². The van der Waals surface area contributed by atoms with Gasteiger partial charge in [-0.05, 0) is 36.5 Å². The van der Waals surface area contributed by atoms with E-state index >= 15 is 0 Å². The summed E-state index contributed by atoms with van der Waals surface area (Å²) in [6, 6.07) is 1.79. The lowest BCUT2D eigenvalue weighted by Gasteiger charge is -2.30. The quantitative estimate of drug-likeness (QED) is 0.927. The molecule has 20 heavy (non-hydrogen) atoms. The third-order valence-electron chi connectivity index (χ3n) is 3.47. The van der Waals surface area contributed by atoms with E-state index in [4.69, 9.17) is 5.11 Å². The fourth-order valence-electron chi connectivity index (χ4n) is 2.40. The summed E-state index contributed by atoms with van der Waals surface area (Å²) in [6.07, 6.45) is 1.61. The number of sulfonamides is 1. The molecule has 0 aliphatic carbocycles. The molecule has 7 heteroatoms. The Balaban J connectivity index is 2.46. The van der Waals surface area contributed by atoms with E-state index in [1.165, 1.54) is 4.31 Å². The molecule has 0 amide bonds. The average Bonchev–Trinajstić information content (AvgIpc) is 2.41. The maximum Gasteiger partial charge on any atom is 0.246 e. The Bertz CT molecular complexity index is 604. The van der Waals surface area contributed by atoms with E-state index in [1.807, 2.05) is 6.92 Å². The third kappa shape index (κ3) is 2.84. The van der Waals surface area contributed by atoms with Gasteiger partial charge in [-0.2, -0.15) is 4.31 Å². The monoisotopic (exact) mass is 305 g/mol. The summed E-state index contributed by atoms with van der Waals surface area (Å²) in [5, 5.41) is 9.00. The van der Waals surface area contributed by atoms with Crippen molar-refractivity contribution in [3.63, 3.8) is 0 Å². The first-order chi connectivity index (χ1) is 9.36. The fraction of sp³-hybridized carbons (Fsp3) is 0.538. The first kappa shape index (κ1) is 15.3. The molecule has 1 heterocycles. The van der Waals surface area contributed by atoms with E-state index in [-0.39, 0.29) is 11.5 Å². The van der Waals surface area contributed by atoms with Crippen molar-refractivity contribution in [3.8, 4) is 0 Å². The van der Waals surface area contributed by atoms with Crippen molar-refractivity contribution in [1.29, 1.82) is 0 Å². The van der Waals surface area contributed by atoms with Gasteiger partial charge in [0.15, 0.2) is 11.6 Å². The fourth-order valence-corrected chi connectivity index (χ4v) is 4.12. The Labute approximate surface area is 117 Å². The molecule has 1 N–H and O–H groups in total. The Kier molecular flexibility index (Phi) is 4.41. The second-order valence-corrected chi connectivity index (χ2v) is 7.06. The van der Waals surface area contributed by atoms with Crippen molar-refractivity contribution < 1.29 is 22.3 Å². The highest BCUT2D eigenvalue weighted by Gasteiger charge is 2.32. The summed E-state index contributed by atoms with van der Waals surface area (Å²) in [5.74, 6) is -2.46. The molecule has 1 aromatic carbocycles. The molecule has 1 unspecified atom stereocenters. The van der Waals surface area contributed by atoms with Crippen LogP contribution in [-0.2, 0) is 16.6 Å². The van der Waals surface area contributed by atoms with E-state index in [9.17, 15) is 17.2 Å². The minimum Gasteiger partial charge on any atom is -0.392 e. The van der Waals surface area contributed by atoms with Gasteiger partial charge in [0.05, 0.1) is 6.61 Å². The summed E-state index contributed by atoms with van der Waals surface area (Å²) in [7, 11) is -4.07. The van der Waals surface area contributed by atoms with Gasteiger partial charge in [-0.1, -0.05) is 6.92 Å². The second-order valence-electron chi connectivity index (χ2n) is 5.16. The molecule has 0 aromatic heterocycles. The average molecular weight is 305 g/mol. The van der Waals surface area contributed by atoms with Gasteiger partial charge >= 0.3 is 0 Å². The van der Waals surface area contributed by atoms with Crippen LogP contribution in [0.5, 0.6) is 0 Å². The first-order valence-electron chi connectivity index (χ1n) is 6.45. The number of hydrogen-bond donors (Lipinski definition) is 1. The highest BCUT2D eigenvalue weighted by Crippen LogP contribution is 2.27. The predicted octanol–water partition coefficient (Wildman–Crippen LogP) is 1.88. The maximum atomic E-state index is 13.8. The predicted molar refractivity (Wildman–Crippen MR) is 69.4 cm³/mol. The van der Waals surface area contributed by atoms with Crippen LogP contribution >= 0.6 is 0 Å². The van der Waals surface area contributed by atoms with Crippen molar-refractivity contribution >= 4 is 10.0 Å². The number of benzene rings is 1. The number of nitrogens with zero attached hydrogens (tertiary/aromatic N) is 1. The molecule has 0 radical (unpaired) electrons. The molecule has 1 saturated heterocycles. The number of piperidine rings is 1. The first-order valence-corrected chi connectivity index (χ1v) is 7.89. The van der Waals surface area contributed by atoms with Gasteiger partial charge in [-0.3, -0.25) is 0 Å². The number of aliphatic hydroxyl groups excluding tert-OH is 1. The van der Waals surface area contributed by atoms with Crippen molar-refractivity contribution in [1.82, 2.24) is 4.31 Å². The van der Waals surface area contributed by atoms with Crippen molar-refractivity contribution in [2.24, 2.45) is 5.92 Å². The van der Waals surface area contributed by atoms with Crippen LogP contribution in [0.1, 0.15) is 25.3 Å². The Morgan fingerprint density at radius 3 is 2.70 bits per heavy atom. The molecule has 1 atom stereocenters. The van der Waals surface area contributed by atoms with Crippen LogP contribution in [0.3, 0.4) is 0 Å². The van der Waals surface area contributed by atoms with Gasteiger partial charge in [-0.25, -0.2) is 17.2 Å². The van der Waals surface area contributed by atoms with Crippen molar-refractivity contribution in [2.75, 3.05) is 13.1 Å². The lowest BCUT2D eigenvalue weighted by Crippen LogP contribution is -2.39. The summed E-state index contributed by atoms with van der Waals surface area (Å²) in [6.45, 7) is 1.97. The minimum atomic E-state index is -4.07. The number of rotatable bonds is 3. The molecular formula is C13H17F2NO3S. The van der Waals surface area contributed by atoms with E-state index in [0.717, 1.165) is 18.6 Å². The number of hydrogen-bond acceptors (Lipinski definition) is 3. The SMILES string of the molecule is CC1CCCN(S(=O)(=O)c2cc(CO)cc(F)c2F)C1. The zero-order valence-corrected chi connectivity index (χ0v) is 12.0. The molecule has 1 aliphatic rings. The third-order valence-corrected chi connectivity index (χ3v) is 5.34. The molecule has 2 rings (SSSR count). The summed E-state index contributed by atoms with van der Waals surface area (Å²) < 4.78 is 53.2. The lowest BCUT2D eigenvalue weighted by molar-refractivity contribution is 0.277. The van der Waals surface area contributed by atoms with Gasteiger partial charge in [0.1, 0.15) is 4.90 Å². The van der Waals surface area contributed by atoms with Gasteiger partial charge in [0.2, 0.25) is 10.0 Å². The normalized spacial score (nSPS) is 21.1. The molecule has 0 spiro atoms. The maximum absolute atomic E-state index is 13.8. The van der Waals surface area contributed by atoms with Crippen molar-refractivity contribution in [3.05, 3.63) is 29.3 Å².